The molecule has 9 heteroatoms. The number of anilines is 1. The number of carbonyl (C=O) groups excluding carboxylic acids is 2. The minimum absolute atomic E-state index is 0.0180. The van der Waals surface area contributed by atoms with E-state index >= 15 is 0 Å². The molecule has 0 atom stereocenters. The van der Waals surface area contributed by atoms with Crippen LogP contribution in [0.25, 0.3) is 0 Å². The molecule has 1 aliphatic rings. The Morgan fingerprint density at radius 3 is 1.97 bits per heavy atom. The van der Waals surface area contributed by atoms with Gasteiger partial charge >= 0.3 is 0 Å². The third-order valence-corrected chi connectivity index (χ3v) is 5.45. The number of hydrogen-bond acceptors (Lipinski definition) is 6. The Morgan fingerprint density at radius 1 is 0.967 bits per heavy atom. The maximum atomic E-state index is 12.1. The fraction of sp³-hybridized carbons (Fsp3) is 0.619. The number of rotatable bonds is 9. The van der Waals surface area contributed by atoms with Gasteiger partial charge in [0.25, 0.3) is 10.1 Å². The van der Waals surface area contributed by atoms with Gasteiger partial charge in [-0.15, -0.1) is 0 Å². The van der Waals surface area contributed by atoms with Gasteiger partial charge in [0, 0.05) is 12.8 Å². The maximum Gasteiger partial charge on any atom is 0.300 e. The summed E-state index contributed by atoms with van der Waals surface area (Å²) in [4.78, 5) is 26.3. The highest BCUT2D eigenvalue weighted by Gasteiger charge is 2.37. The van der Waals surface area contributed by atoms with Crippen LogP contribution in [0.15, 0.2) is 17.0 Å². The van der Waals surface area contributed by atoms with E-state index in [-0.39, 0.29) is 18.5 Å². The number of amides is 2. The first-order chi connectivity index (χ1) is 14.0. The van der Waals surface area contributed by atoms with E-state index in [0.29, 0.717) is 12.0 Å². The maximum absolute atomic E-state index is 12.1. The Kier molecular flexibility index (Phi) is 10.4. The quantitative estimate of drug-likeness (QED) is 0.342. The van der Waals surface area contributed by atoms with E-state index < -0.39 is 32.6 Å². The van der Waals surface area contributed by atoms with Crippen molar-refractivity contribution in [1.29, 1.82) is 0 Å². The monoisotopic (exact) mass is 442 g/mol. The summed E-state index contributed by atoms with van der Waals surface area (Å²) in [5.74, 6) is -1.74. The Labute approximate surface area is 179 Å². The Balaban J connectivity index is 0.00000103. The molecule has 30 heavy (non-hydrogen) atoms. The number of aryl methyl sites for hydroxylation is 1. The molecule has 170 valence electrons. The van der Waals surface area contributed by atoms with Crippen molar-refractivity contribution in [2.24, 2.45) is 0 Å². The van der Waals surface area contributed by atoms with Crippen LogP contribution in [-0.4, -0.2) is 55.9 Å². The summed E-state index contributed by atoms with van der Waals surface area (Å²) in [6.07, 6.45) is 6.57. The first kappa shape index (κ1) is 26.1. The summed E-state index contributed by atoms with van der Waals surface area (Å²) < 4.78 is 33.1. The second-order valence-electron chi connectivity index (χ2n) is 7.88. The molecule has 0 saturated carbocycles. The third-order valence-electron chi connectivity index (χ3n) is 4.53. The Bertz CT molecular complexity index is 817. The normalized spacial score (nSPS) is 14.3. The minimum Gasteiger partial charge on any atom is -0.506 e. The van der Waals surface area contributed by atoms with Gasteiger partial charge in [0.1, 0.15) is 5.75 Å². The van der Waals surface area contributed by atoms with Crippen molar-refractivity contribution in [3.05, 3.63) is 17.7 Å². The standard InChI is InChI=1S/C18H25NO6S.C3H9N/c1-2-3-4-5-6-7-8-13-9-10-14(20)18(26(23,24)25)17(13)19-15(21)11-12-16(19)22;1-4(2)3/h9-10,20H,2-8,11-12H2,1H3,(H,23,24,25);1-3H3. The van der Waals surface area contributed by atoms with E-state index in [1.165, 1.54) is 12.1 Å². The smallest absolute Gasteiger partial charge is 0.300 e. The SMILES string of the molecule is CCCCCCCCc1ccc(O)c(S(=O)(=O)O)c1N1C(=O)CCC1=O.CN(C)C. The number of phenolic OH excluding ortho intramolecular Hbond substituents is 1. The second-order valence-corrected chi connectivity index (χ2v) is 9.24. The summed E-state index contributed by atoms with van der Waals surface area (Å²) in [6, 6.07) is 2.67. The highest BCUT2D eigenvalue weighted by atomic mass is 32.2. The first-order valence-corrected chi connectivity index (χ1v) is 11.7. The molecule has 1 saturated heterocycles. The van der Waals surface area contributed by atoms with Crippen LogP contribution in [-0.2, 0) is 26.1 Å². The van der Waals surface area contributed by atoms with Crippen molar-refractivity contribution >= 4 is 27.6 Å². The fourth-order valence-electron chi connectivity index (χ4n) is 3.22. The molecular weight excluding hydrogens is 408 g/mol. The van der Waals surface area contributed by atoms with Crippen LogP contribution < -0.4 is 4.90 Å². The van der Waals surface area contributed by atoms with Gasteiger partial charge < -0.3 is 10.0 Å². The van der Waals surface area contributed by atoms with Crippen LogP contribution in [0.3, 0.4) is 0 Å². The lowest BCUT2D eigenvalue weighted by Gasteiger charge is -2.21. The van der Waals surface area contributed by atoms with E-state index in [0.717, 1.165) is 43.4 Å². The van der Waals surface area contributed by atoms with Crippen LogP contribution >= 0.6 is 0 Å². The topological polar surface area (TPSA) is 115 Å². The summed E-state index contributed by atoms with van der Waals surface area (Å²) in [5.41, 5.74) is 0.253. The van der Waals surface area contributed by atoms with Crippen molar-refractivity contribution < 1.29 is 27.7 Å². The van der Waals surface area contributed by atoms with Crippen molar-refractivity contribution in [1.82, 2.24) is 4.90 Å². The molecule has 2 N–H and O–H groups in total. The molecule has 1 aromatic rings. The van der Waals surface area contributed by atoms with Crippen molar-refractivity contribution in [3.63, 3.8) is 0 Å². The number of benzene rings is 1. The van der Waals surface area contributed by atoms with Crippen LogP contribution in [0.2, 0.25) is 0 Å². The average Bonchev–Trinajstić information content (AvgIpc) is 2.95. The number of phenols is 1. The Hall–Kier alpha value is -1.97. The molecule has 1 aromatic carbocycles. The van der Waals surface area contributed by atoms with Gasteiger partial charge in [-0.05, 0) is 45.6 Å². The van der Waals surface area contributed by atoms with Gasteiger partial charge in [-0.25, -0.2) is 4.90 Å². The first-order valence-electron chi connectivity index (χ1n) is 10.3. The predicted molar refractivity (Wildman–Crippen MR) is 116 cm³/mol. The predicted octanol–water partition coefficient (Wildman–Crippen LogP) is 3.37. The van der Waals surface area contributed by atoms with Gasteiger partial charge in [-0.3, -0.25) is 14.1 Å². The van der Waals surface area contributed by atoms with Crippen molar-refractivity contribution in [2.45, 2.75) is 69.6 Å². The number of carbonyl (C=O) groups is 2. The lowest BCUT2D eigenvalue weighted by Crippen LogP contribution is -2.31. The summed E-state index contributed by atoms with van der Waals surface area (Å²) in [6.45, 7) is 2.13. The number of aromatic hydroxyl groups is 1. The van der Waals surface area contributed by atoms with Crippen LogP contribution in [0.1, 0.15) is 63.9 Å². The molecule has 1 heterocycles. The van der Waals surface area contributed by atoms with Gasteiger partial charge in [-0.1, -0.05) is 45.1 Å². The minimum atomic E-state index is -4.81. The molecule has 1 aliphatic heterocycles. The van der Waals surface area contributed by atoms with Crippen LogP contribution in [0.5, 0.6) is 5.75 Å². The molecule has 8 nitrogen and oxygen atoms in total. The number of nitrogens with zero attached hydrogens (tertiary/aromatic N) is 2. The van der Waals surface area contributed by atoms with E-state index in [4.69, 9.17) is 0 Å². The van der Waals surface area contributed by atoms with Gasteiger partial charge in [0.05, 0.1) is 5.69 Å². The summed E-state index contributed by atoms with van der Waals surface area (Å²) in [5, 5.41) is 9.96. The zero-order valence-electron chi connectivity index (χ0n) is 18.3. The number of unbranched alkanes of at least 4 members (excludes halogenated alkanes) is 5. The second kappa shape index (κ2) is 12.0. The highest BCUT2D eigenvalue weighted by Crippen LogP contribution is 2.39. The van der Waals surface area contributed by atoms with E-state index in [1.54, 1.807) is 0 Å². The molecule has 2 amide bonds. The largest absolute Gasteiger partial charge is 0.506 e. The molecule has 0 aliphatic carbocycles. The van der Waals surface area contributed by atoms with Crippen LogP contribution in [0.4, 0.5) is 5.69 Å². The van der Waals surface area contributed by atoms with Crippen molar-refractivity contribution in [2.75, 3.05) is 26.0 Å². The Morgan fingerprint density at radius 2 is 1.47 bits per heavy atom. The fourth-order valence-corrected chi connectivity index (χ4v) is 4.02. The zero-order valence-corrected chi connectivity index (χ0v) is 19.2. The molecule has 0 radical (unpaired) electrons. The van der Waals surface area contributed by atoms with Crippen molar-refractivity contribution in [3.8, 4) is 5.75 Å². The zero-order chi connectivity index (χ0) is 22.9. The molecule has 1 fully saturated rings. The lowest BCUT2D eigenvalue weighted by atomic mass is 10.0. The number of imide groups is 1. The van der Waals surface area contributed by atoms with Gasteiger partial charge in [-0.2, -0.15) is 8.42 Å². The molecule has 0 aromatic heterocycles. The summed E-state index contributed by atoms with van der Waals surface area (Å²) in [7, 11) is 1.19. The van der Waals surface area contributed by atoms with Gasteiger partial charge in [0.2, 0.25) is 11.8 Å². The third kappa shape index (κ3) is 7.70. The molecule has 0 unspecified atom stereocenters. The molecule has 0 bridgehead atoms. The molecule has 2 rings (SSSR count). The lowest BCUT2D eigenvalue weighted by molar-refractivity contribution is -0.121. The molecule has 0 spiro atoms. The number of hydrogen-bond donors (Lipinski definition) is 2. The van der Waals surface area contributed by atoms with E-state index in [9.17, 15) is 27.7 Å². The highest BCUT2D eigenvalue weighted by molar-refractivity contribution is 7.86. The molecular formula is C21H34N2O6S. The van der Waals surface area contributed by atoms with E-state index in [1.807, 2.05) is 26.0 Å². The van der Waals surface area contributed by atoms with Gasteiger partial charge in [0.15, 0.2) is 4.90 Å². The summed E-state index contributed by atoms with van der Waals surface area (Å²) >= 11 is 0. The van der Waals surface area contributed by atoms with Crippen LogP contribution in [0, 0.1) is 0 Å². The van der Waals surface area contributed by atoms with E-state index in [2.05, 4.69) is 6.92 Å². The average molecular weight is 443 g/mol.